The van der Waals surface area contributed by atoms with Crippen molar-refractivity contribution in [3.63, 3.8) is 0 Å². The molecular formula is C15H22N8. The zero-order valence-electron chi connectivity index (χ0n) is 13.6. The number of guanidine groups is 1. The summed E-state index contributed by atoms with van der Waals surface area (Å²) in [4.78, 5) is 17.3. The Bertz CT molecular complexity index is 670. The number of rotatable bonds is 3. The second-order valence-electron chi connectivity index (χ2n) is 5.60. The van der Waals surface area contributed by atoms with E-state index in [1.54, 1.807) is 12.4 Å². The molecule has 0 aromatic carbocycles. The molecule has 2 N–H and O–H groups in total. The maximum Gasteiger partial charge on any atom is 0.225 e. The van der Waals surface area contributed by atoms with Gasteiger partial charge in [-0.15, -0.1) is 0 Å². The SMILES string of the molecule is Cc1cc(CN=C(N)N2CCN(c3ncccn3)CC2)n(C)n1. The van der Waals surface area contributed by atoms with Crippen LogP contribution in [0.5, 0.6) is 0 Å². The van der Waals surface area contributed by atoms with Crippen LogP contribution < -0.4 is 10.6 Å². The van der Waals surface area contributed by atoms with E-state index in [2.05, 4.69) is 29.9 Å². The van der Waals surface area contributed by atoms with Crippen molar-refractivity contribution in [1.29, 1.82) is 0 Å². The highest BCUT2D eigenvalue weighted by molar-refractivity contribution is 5.78. The molecule has 3 rings (SSSR count). The predicted molar refractivity (Wildman–Crippen MR) is 89.1 cm³/mol. The second kappa shape index (κ2) is 6.64. The van der Waals surface area contributed by atoms with E-state index < -0.39 is 0 Å². The maximum absolute atomic E-state index is 6.13. The molecule has 1 aliphatic heterocycles. The van der Waals surface area contributed by atoms with E-state index in [4.69, 9.17) is 5.73 Å². The van der Waals surface area contributed by atoms with Crippen molar-refractivity contribution in [3.8, 4) is 0 Å². The molecule has 8 heteroatoms. The summed E-state index contributed by atoms with van der Waals surface area (Å²) < 4.78 is 1.84. The van der Waals surface area contributed by atoms with Gasteiger partial charge in [0, 0.05) is 45.6 Å². The van der Waals surface area contributed by atoms with Crippen LogP contribution in [0.2, 0.25) is 0 Å². The minimum absolute atomic E-state index is 0.547. The lowest BCUT2D eigenvalue weighted by atomic mass is 10.3. The molecule has 0 unspecified atom stereocenters. The first kappa shape index (κ1) is 15.3. The van der Waals surface area contributed by atoms with Crippen molar-refractivity contribution in [2.24, 2.45) is 17.8 Å². The van der Waals surface area contributed by atoms with Crippen LogP contribution in [0, 0.1) is 6.92 Å². The largest absolute Gasteiger partial charge is 0.370 e. The lowest BCUT2D eigenvalue weighted by Crippen LogP contribution is -2.51. The van der Waals surface area contributed by atoms with Gasteiger partial charge in [-0.3, -0.25) is 4.68 Å². The van der Waals surface area contributed by atoms with Gasteiger partial charge in [0.1, 0.15) is 0 Å². The lowest BCUT2D eigenvalue weighted by molar-refractivity contribution is 0.378. The summed E-state index contributed by atoms with van der Waals surface area (Å²) in [6.07, 6.45) is 3.53. The molecule has 8 nitrogen and oxygen atoms in total. The molecule has 2 aromatic rings. The Kier molecular flexibility index (Phi) is 4.40. The van der Waals surface area contributed by atoms with E-state index in [1.165, 1.54) is 0 Å². The van der Waals surface area contributed by atoms with Crippen LogP contribution in [-0.4, -0.2) is 56.8 Å². The van der Waals surface area contributed by atoms with Gasteiger partial charge >= 0.3 is 0 Å². The third-order valence-corrected chi connectivity index (χ3v) is 3.94. The molecule has 3 heterocycles. The van der Waals surface area contributed by atoms with Crippen LogP contribution >= 0.6 is 0 Å². The van der Waals surface area contributed by atoms with Gasteiger partial charge in [-0.1, -0.05) is 0 Å². The standard InChI is InChI=1S/C15H22N8/c1-12-10-13(21(2)20-12)11-19-14(16)22-6-8-23(9-7-22)15-17-4-3-5-18-15/h3-5,10H,6-9,11H2,1-2H3,(H2,16,19). The van der Waals surface area contributed by atoms with Crippen molar-refractivity contribution in [3.05, 3.63) is 35.9 Å². The van der Waals surface area contributed by atoms with Gasteiger partial charge in [-0.05, 0) is 19.1 Å². The first-order valence-corrected chi connectivity index (χ1v) is 7.70. The first-order valence-electron chi connectivity index (χ1n) is 7.70. The summed E-state index contributed by atoms with van der Waals surface area (Å²) in [5.41, 5.74) is 8.18. The fourth-order valence-corrected chi connectivity index (χ4v) is 2.66. The van der Waals surface area contributed by atoms with Gasteiger partial charge in [0.2, 0.25) is 5.95 Å². The molecule has 0 bridgehead atoms. The minimum Gasteiger partial charge on any atom is -0.370 e. The number of hydrogen-bond donors (Lipinski definition) is 1. The third kappa shape index (κ3) is 3.58. The molecule has 0 saturated carbocycles. The molecule has 1 aliphatic rings. The van der Waals surface area contributed by atoms with Crippen LogP contribution in [0.25, 0.3) is 0 Å². The summed E-state index contributed by atoms with van der Waals surface area (Å²) in [7, 11) is 1.92. The Morgan fingerprint density at radius 3 is 2.52 bits per heavy atom. The number of anilines is 1. The Hall–Kier alpha value is -2.64. The van der Waals surface area contributed by atoms with E-state index in [9.17, 15) is 0 Å². The van der Waals surface area contributed by atoms with Crippen molar-refractivity contribution < 1.29 is 0 Å². The highest BCUT2D eigenvalue weighted by Crippen LogP contribution is 2.10. The molecule has 23 heavy (non-hydrogen) atoms. The third-order valence-electron chi connectivity index (χ3n) is 3.94. The van der Waals surface area contributed by atoms with E-state index in [1.807, 2.05) is 30.8 Å². The Balaban J connectivity index is 1.56. The molecule has 1 fully saturated rings. The summed E-state index contributed by atoms with van der Waals surface area (Å²) in [6, 6.07) is 3.85. The number of aryl methyl sites for hydroxylation is 2. The number of hydrogen-bond acceptors (Lipinski definition) is 5. The summed E-state index contributed by atoms with van der Waals surface area (Å²) >= 11 is 0. The average molecular weight is 314 g/mol. The molecule has 0 spiro atoms. The van der Waals surface area contributed by atoms with Crippen molar-refractivity contribution in [2.75, 3.05) is 31.1 Å². The summed E-state index contributed by atoms with van der Waals surface area (Å²) in [6.45, 7) is 5.83. The van der Waals surface area contributed by atoms with E-state index in [0.717, 1.165) is 43.5 Å². The van der Waals surface area contributed by atoms with Gasteiger partial charge < -0.3 is 15.5 Å². The van der Waals surface area contributed by atoms with Gasteiger partial charge in [-0.2, -0.15) is 5.10 Å². The van der Waals surface area contributed by atoms with E-state index >= 15 is 0 Å². The quantitative estimate of drug-likeness (QED) is 0.641. The molecule has 122 valence electrons. The second-order valence-corrected chi connectivity index (χ2v) is 5.60. The van der Waals surface area contributed by atoms with Gasteiger partial charge in [0.15, 0.2) is 5.96 Å². The molecule has 0 atom stereocenters. The van der Waals surface area contributed by atoms with Crippen LogP contribution in [-0.2, 0) is 13.6 Å². The van der Waals surface area contributed by atoms with Crippen LogP contribution in [0.4, 0.5) is 5.95 Å². The van der Waals surface area contributed by atoms with Crippen LogP contribution in [0.1, 0.15) is 11.4 Å². The molecular weight excluding hydrogens is 292 g/mol. The highest BCUT2D eigenvalue weighted by atomic mass is 15.4. The Morgan fingerprint density at radius 2 is 1.91 bits per heavy atom. The average Bonchev–Trinajstić information content (AvgIpc) is 2.91. The topological polar surface area (TPSA) is 88.5 Å². The molecule has 0 amide bonds. The minimum atomic E-state index is 0.547. The van der Waals surface area contributed by atoms with Crippen LogP contribution in [0.3, 0.4) is 0 Å². The number of aliphatic imine (C=N–C) groups is 1. The van der Waals surface area contributed by atoms with E-state index in [0.29, 0.717) is 12.5 Å². The van der Waals surface area contributed by atoms with Crippen LogP contribution in [0.15, 0.2) is 29.5 Å². The smallest absolute Gasteiger partial charge is 0.225 e. The normalized spacial score (nSPS) is 16.0. The van der Waals surface area contributed by atoms with Gasteiger partial charge in [0.25, 0.3) is 0 Å². The van der Waals surface area contributed by atoms with Crippen molar-refractivity contribution >= 4 is 11.9 Å². The summed E-state index contributed by atoms with van der Waals surface area (Å²) in [5, 5.41) is 4.32. The zero-order chi connectivity index (χ0) is 16.2. The van der Waals surface area contributed by atoms with E-state index in [-0.39, 0.29) is 0 Å². The number of piperazine rings is 1. The monoisotopic (exact) mass is 314 g/mol. The first-order chi connectivity index (χ1) is 11.1. The summed E-state index contributed by atoms with van der Waals surface area (Å²) in [5.74, 6) is 1.35. The van der Waals surface area contributed by atoms with Gasteiger partial charge in [0.05, 0.1) is 17.9 Å². The molecule has 0 radical (unpaired) electrons. The Morgan fingerprint density at radius 1 is 1.22 bits per heavy atom. The molecule has 0 aliphatic carbocycles. The number of nitrogens with zero attached hydrogens (tertiary/aromatic N) is 7. The van der Waals surface area contributed by atoms with Gasteiger partial charge in [-0.25, -0.2) is 15.0 Å². The predicted octanol–water partition coefficient (Wildman–Crippen LogP) is 0.155. The molecule has 2 aromatic heterocycles. The number of nitrogens with two attached hydrogens (primary N) is 1. The zero-order valence-corrected chi connectivity index (χ0v) is 13.6. The fourth-order valence-electron chi connectivity index (χ4n) is 2.66. The fraction of sp³-hybridized carbons (Fsp3) is 0.467. The maximum atomic E-state index is 6.13. The Labute approximate surface area is 135 Å². The lowest BCUT2D eigenvalue weighted by Gasteiger charge is -2.35. The molecule has 1 saturated heterocycles. The number of aromatic nitrogens is 4. The highest BCUT2D eigenvalue weighted by Gasteiger charge is 2.19. The van der Waals surface area contributed by atoms with Crippen molar-refractivity contribution in [1.82, 2.24) is 24.6 Å². The van der Waals surface area contributed by atoms with Crippen molar-refractivity contribution in [2.45, 2.75) is 13.5 Å².